The van der Waals surface area contributed by atoms with Gasteiger partial charge in [0.2, 0.25) is 5.91 Å². The first-order valence-electron chi connectivity index (χ1n) is 7.55. The number of rotatable bonds is 5. The standard InChI is InChI=1S/C16H21FN2O3/c1-4-8-22-16(21)10(3)19-14-7-6-11(17)9-13(14)18-12(5-2)15(19)20/h6-7,9-10,12,18H,4-5,8H2,1-3H3. The molecule has 1 aliphatic rings. The summed E-state index contributed by atoms with van der Waals surface area (Å²) >= 11 is 0. The van der Waals surface area contributed by atoms with Crippen LogP contribution in [0.1, 0.15) is 33.6 Å². The van der Waals surface area contributed by atoms with Crippen LogP contribution < -0.4 is 10.2 Å². The van der Waals surface area contributed by atoms with Gasteiger partial charge in [-0.15, -0.1) is 0 Å². The number of hydrogen-bond donors (Lipinski definition) is 1. The summed E-state index contributed by atoms with van der Waals surface area (Å²) in [4.78, 5) is 26.1. The molecule has 1 aliphatic heterocycles. The molecular formula is C16H21FN2O3. The van der Waals surface area contributed by atoms with Gasteiger partial charge in [-0.3, -0.25) is 9.69 Å². The minimum absolute atomic E-state index is 0.206. The van der Waals surface area contributed by atoms with Gasteiger partial charge in [-0.1, -0.05) is 13.8 Å². The summed E-state index contributed by atoms with van der Waals surface area (Å²) in [7, 11) is 0. The highest BCUT2D eigenvalue weighted by Crippen LogP contribution is 2.34. The van der Waals surface area contributed by atoms with E-state index in [9.17, 15) is 14.0 Å². The van der Waals surface area contributed by atoms with Crippen molar-refractivity contribution in [3.8, 4) is 0 Å². The van der Waals surface area contributed by atoms with Crippen LogP contribution in [0.25, 0.3) is 0 Å². The quantitative estimate of drug-likeness (QED) is 0.850. The lowest BCUT2D eigenvalue weighted by Gasteiger charge is -2.37. The van der Waals surface area contributed by atoms with Gasteiger partial charge >= 0.3 is 5.97 Å². The van der Waals surface area contributed by atoms with E-state index in [0.29, 0.717) is 30.8 Å². The Kier molecular flexibility index (Phi) is 5.00. The lowest BCUT2D eigenvalue weighted by Crippen LogP contribution is -2.53. The molecule has 1 aromatic rings. The number of hydrogen-bond acceptors (Lipinski definition) is 4. The molecule has 2 atom stereocenters. The Labute approximate surface area is 129 Å². The van der Waals surface area contributed by atoms with E-state index in [1.54, 1.807) is 6.92 Å². The molecule has 1 aromatic carbocycles. The number of fused-ring (bicyclic) bond motifs is 1. The average molecular weight is 308 g/mol. The molecule has 0 aromatic heterocycles. The van der Waals surface area contributed by atoms with Gasteiger partial charge in [-0.2, -0.15) is 0 Å². The second-order valence-electron chi connectivity index (χ2n) is 5.32. The Bertz CT molecular complexity index is 577. The van der Waals surface area contributed by atoms with E-state index in [4.69, 9.17) is 4.74 Å². The fourth-order valence-corrected chi connectivity index (χ4v) is 2.47. The summed E-state index contributed by atoms with van der Waals surface area (Å²) in [5.41, 5.74) is 1.01. The lowest BCUT2D eigenvalue weighted by atomic mass is 10.0. The maximum atomic E-state index is 13.4. The summed E-state index contributed by atoms with van der Waals surface area (Å²) in [5.74, 6) is -1.05. The SMILES string of the molecule is CCCOC(=O)C(C)N1C(=O)C(CC)Nc2cc(F)ccc21. The smallest absolute Gasteiger partial charge is 0.328 e. The zero-order valence-corrected chi connectivity index (χ0v) is 13.1. The summed E-state index contributed by atoms with van der Waals surface area (Å²) < 4.78 is 18.6. The molecule has 6 heteroatoms. The summed E-state index contributed by atoms with van der Waals surface area (Å²) in [6.45, 7) is 5.70. The molecule has 0 saturated carbocycles. The molecule has 2 unspecified atom stereocenters. The van der Waals surface area contributed by atoms with Gasteiger partial charge in [0, 0.05) is 0 Å². The third kappa shape index (κ3) is 3.05. The van der Waals surface area contributed by atoms with E-state index >= 15 is 0 Å². The van der Waals surface area contributed by atoms with Crippen molar-refractivity contribution in [3.63, 3.8) is 0 Å². The maximum Gasteiger partial charge on any atom is 0.328 e. The number of halogens is 1. The van der Waals surface area contributed by atoms with Crippen molar-refractivity contribution in [1.29, 1.82) is 0 Å². The summed E-state index contributed by atoms with van der Waals surface area (Å²) in [6.07, 6.45) is 1.26. The van der Waals surface area contributed by atoms with E-state index in [0.717, 1.165) is 0 Å². The number of benzene rings is 1. The normalized spacial score (nSPS) is 18.5. The highest BCUT2D eigenvalue weighted by atomic mass is 19.1. The third-order valence-electron chi connectivity index (χ3n) is 3.67. The van der Waals surface area contributed by atoms with Crippen LogP contribution in [0.15, 0.2) is 18.2 Å². The van der Waals surface area contributed by atoms with Crippen LogP contribution in [0.4, 0.5) is 15.8 Å². The molecule has 5 nitrogen and oxygen atoms in total. The van der Waals surface area contributed by atoms with Crippen molar-refractivity contribution in [3.05, 3.63) is 24.0 Å². The minimum Gasteiger partial charge on any atom is -0.464 e. The number of carbonyl (C=O) groups is 2. The fourth-order valence-electron chi connectivity index (χ4n) is 2.47. The summed E-state index contributed by atoms with van der Waals surface area (Å²) in [5, 5.41) is 3.02. The Morgan fingerprint density at radius 1 is 1.45 bits per heavy atom. The van der Waals surface area contributed by atoms with E-state index in [1.807, 2.05) is 13.8 Å². The van der Waals surface area contributed by atoms with Crippen molar-refractivity contribution in [1.82, 2.24) is 0 Å². The van der Waals surface area contributed by atoms with Crippen molar-refractivity contribution in [2.24, 2.45) is 0 Å². The molecule has 1 heterocycles. The van der Waals surface area contributed by atoms with Crippen molar-refractivity contribution in [2.45, 2.75) is 45.7 Å². The second kappa shape index (κ2) is 6.77. The predicted molar refractivity (Wildman–Crippen MR) is 82.3 cm³/mol. The first-order valence-corrected chi connectivity index (χ1v) is 7.55. The van der Waals surface area contributed by atoms with Crippen molar-refractivity contribution in [2.75, 3.05) is 16.8 Å². The van der Waals surface area contributed by atoms with Crippen LogP contribution >= 0.6 is 0 Å². The van der Waals surface area contributed by atoms with E-state index in [1.165, 1.54) is 23.1 Å². The fraction of sp³-hybridized carbons (Fsp3) is 0.500. The van der Waals surface area contributed by atoms with E-state index < -0.39 is 23.9 Å². The van der Waals surface area contributed by atoms with Gasteiger partial charge in [0.05, 0.1) is 18.0 Å². The third-order valence-corrected chi connectivity index (χ3v) is 3.67. The lowest BCUT2D eigenvalue weighted by molar-refractivity contribution is -0.146. The molecule has 0 bridgehead atoms. The van der Waals surface area contributed by atoms with Crippen LogP contribution in [0.3, 0.4) is 0 Å². The number of esters is 1. The average Bonchev–Trinajstić information content (AvgIpc) is 2.51. The van der Waals surface area contributed by atoms with E-state index in [-0.39, 0.29) is 5.91 Å². The Balaban J connectivity index is 2.35. The second-order valence-corrected chi connectivity index (χ2v) is 5.32. The monoisotopic (exact) mass is 308 g/mol. The molecule has 0 saturated heterocycles. The number of ether oxygens (including phenoxy) is 1. The topological polar surface area (TPSA) is 58.6 Å². The highest BCUT2D eigenvalue weighted by Gasteiger charge is 2.37. The largest absolute Gasteiger partial charge is 0.464 e. The zero-order valence-electron chi connectivity index (χ0n) is 13.1. The molecule has 0 radical (unpaired) electrons. The molecule has 2 rings (SSSR count). The predicted octanol–water partition coefficient (Wildman–Crippen LogP) is 2.70. The highest BCUT2D eigenvalue weighted by molar-refractivity contribution is 6.08. The Hall–Kier alpha value is -2.11. The van der Waals surface area contributed by atoms with E-state index in [2.05, 4.69) is 5.32 Å². The maximum absolute atomic E-state index is 13.4. The Morgan fingerprint density at radius 3 is 2.82 bits per heavy atom. The van der Waals surface area contributed by atoms with Crippen molar-refractivity contribution >= 4 is 23.3 Å². The van der Waals surface area contributed by atoms with Crippen LogP contribution in [-0.2, 0) is 14.3 Å². The Morgan fingerprint density at radius 2 is 2.18 bits per heavy atom. The van der Waals surface area contributed by atoms with Crippen molar-refractivity contribution < 1.29 is 18.7 Å². The summed E-state index contributed by atoms with van der Waals surface area (Å²) in [6, 6.07) is 2.89. The molecule has 120 valence electrons. The molecule has 0 fully saturated rings. The molecule has 0 spiro atoms. The van der Waals surface area contributed by atoms with Gasteiger partial charge < -0.3 is 10.1 Å². The molecule has 22 heavy (non-hydrogen) atoms. The molecule has 1 amide bonds. The van der Waals surface area contributed by atoms with Gasteiger partial charge in [0.25, 0.3) is 0 Å². The number of carbonyl (C=O) groups excluding carboxylic acids is 2. The van der Waals surface area contributed by atoms with Gasteiger partial charge in [0.15, 0.2) is 0 Å². The first-order chi connectivity index (χ1) is 10.5. The van der Waals surface area contributed by atoms with Crippen LogP contribution in [-0.4, -0.2) is 30.6 Å². The minimum atomic E-state index is -0.751. The van der Waals surface area contributed by atoms with Gasteiger partial charge in [0.1, 0.15) is 17.9 Å². The molecule has 1 N–H and O–H groups in total. The van der Waals surface area contributed by atoms with Crippen LogP contribution in [0.2, 0.25) is 0 Å². The zero-order chi connectivity index (χ0) is 16.3. The van der Waals surface area contributed by atoms with Crippen LogP contribution in [0, 0.1) is 5.82 Å². The number of anilines is 2. The first kappa shape index (κ1) is 16.3. The number of nitrogens with zero attached hydrogens (tertiary/aromatic N) is 1. The number of amides is 1. The van der Waals surface area contributed by atoms with Gasteiger partial charge in [-0.25, -0.2) is 9.18 Å². The number of nitrogens with one attached hydrogen (secondary N) is 1. The molecular weight excluding hydrogens is 287 g/mol. The van der Waals surface area contributed by atoms with Gasteiger partial charge in [-0.05, 0) is 38.0 Å². The molecule has 0 aliphatic carbocycles. The van der Waals surface area contributed by atoms with Crippen LogP contribution in [0.5, 0.6) is 0 Å².